The molecule has 0 spiro atoms. The highest BCUT2D eigenvalue weighted by molar-refractivity contribution is 5.56. The van der Waals surface area contributed by atoms with Gasteiger partial charge in [0.1, 0.15) is 11.5 Å². The van der Waals surface area contributed by atoms with Crippen molar-refractivity contribution in [3.63, 3.8) is 0 Å². The number of benzene rings is 1. The van der Waals surface area contributed by atoms with Crippen molar-refractivity contribution < 1.29 is 4.42 Å². The molecule has 0 atom stereocenters. The van der Waals surface area contributed by atoms with E-state index in [-0.39, 0.29) is 5.43 Å². The van der Waals surface area contributed by atoms with Crippen LogP contribution in [0.5, 0.6) is 0 Å². The van der Waals surface area contributed by atoms with Crippen molar-refractivity contribution in [1.29, 1.82) is 0 Å². The first-order chi connectivity index (χ1) is 7.18. The molecule has 0 saturated carbocycles. The molecule has 0 aliphatic heterocycles. The van der Waals surface area contributed by atoms with Crippen molar-refractivity contribution in [2.75, 3.05) is 0 Å². The van der Waals surface area contributed by atoms with Gasteiger partial charge in [-0.05, 0) is 13.8 Å². The van der Waals surface area contributed by atoms with Crippen LogP contribution in [0.15, 0.2) is 45.6 Å². The molecule has 2 heteroatoms. The summed E-state index contributed by atoms with van der Waals surface area (Å²) in [5.74, 6) is 1.31. The van der Waals surface area contributed by atoms with Crippen molar-refractivity contribution in [3.8, 4) is 11.3 Å². The Hall–Kier alpha value is -1.83. The molecule has 15 heavy (non-hydrogen) atoms. The summed E-state index contributed by atoms with van der Waals surface area (Å²) >= 11 is 0. The van der Waals surface area contributed by atoms with Crippen molar-refractivity contribution in [1.82, 2.24) is 0 Å². The molecule has 1 aromatic carbocycles. The lowest BCUT2D eigenvalue weighted by Crippen LogP contribution is -2.05. The topological polar surface area (TPSA) is 30.2 Å². The molecule has 0 fully saturated rings. The van der Waals surface area contributed by atoms with E-state index in [0.717, 1.165) is 5.56 Å². The van der Waals surface area contributed by atoms with Gasteiger partial charge in [0.15, 0.2) is 5.43 Å². The Morgan fingerprint density at radius 2 is 1.73 bits per heavy atom. The lowest BCUT2D eigenvalue weighted by molar-refractivity contribution is 0.524. The monoisotopic (exact) mass is 200 g/mol. The Labute approximate surface area is 88.2 Å². The highest BCUT2D eigenvalue weighted by atomic mass is 16.3. The highest BCUT2D eigenvalue weighted by Crippen LogP contribution is 2.19. The molecule has 76 valence electrons. The summed E-state index contributed by atoms with van der Waals surface area (Å²) in [6, 6.07) is 11.2. The minimum atomic E-state index is 0.0256. The highest BCUT2D eigenvalue weighted by Gasteiger charge is 2.05. The van der Waals surface area contributed by atoms with E-state index in [1.807, 2.05) is 37.3 Å². The standard InChI is InChI=1S/C13H12O2/c1-9-10(2)15-13(8-12(9)14)11-6-4-3-5-7-11/h3-8H,1-2H3. The van der Waals surface area contributed by atoms with Gasteiger partial charge in [-0.1, -0.05) is 30.3 Å². The molecule has 0 bridgehead atoms. The maximum absolute atomic E-state index is 11.6. The molecule has 0 amide bonds. The molecular formula is C13H12O2. The Balaban J connectivity index is 2.61. The van der Waals surface area contributed by atoms with Gasteiger partial charge in [0.05, 0.1) is 0 Å². The van der Waals surface area contributed by atoms with Gasteiger partial charge in [0.2, 0.25) is 0 Å². The van der Waals surface area contributed by atoms with Gasteiger partial charge in [-0.3, -0.25) is 4.79 Å². The van der Waals surface area contributed by atoms with Crippen molar-refractivity contribution in [3.05, 3.63) is 57.9 Å². The van der Waals surface area contributed by atoms with Gasteiger partial charge in [-0.25, -0.2) is 0 Å². The van der Waals surface area contributed by atoms with Crippen LogP contribution >= 0.6 is 0 Å². The Bertz CT molecular complexity index is 524. The lowest BCUT2D eigenvalue weighted by atomic mass is 10.1. The lowest BCUT2D eigenvalue weighted by Gasteiger charge is -2.03. The third-order valence-electron chi connectivity index (χ3n) is 2.48. The SMILES string of the molecule is Cc1oc(-c2ccccc2)cc(=O)c1C. The van der Waals surface area contributed by atoms with Gasteiger partial charge in [-0.2, -0.15) is 0 Å². The van der Waals surface area contributed by atoms with Gasteiger partial charge >= 0.3 is 0 Å². The molecule has 0 aliphatic rings. The summed E-state index contributed by atoms with van der Waals surface area (Å²) in [6.07, 6.45) is 0. The fourth-order valence-electron chi connectivity index (χ4n) is 1.42. The van der Waals surface area contributed by atoms with Gasteiger partial charge < -0.3 is 4.42 Å². The third kappa shape index (κ3) is 1.84. The fraction of sp³-hybridized carbons (Fsp3) is 0.154. The predicted molar refractivity (Wildman–Crippen MR) is 59.9 cm³/mol. The van der Waals surface area contributed by atoms with Gasteiger partial charge in [0.25, 0.3) is 0 Å². The Morgan fingerprint density at radius 1 is 1.07 bits per heavy atom. The number of aryl methyl sites for hydroxylation is 1. The van der Waals surface area contributed by atoms with E-state index in [1.165, 1.54) is 6.07 Å². The third-order valence-corrected chi connectivity index (χ3v) is 2.48. The molecule has 0 aliphatic carbocycles. The molecule has 1 heterocycles. The van der Waals surface area contributed by atoms with Crippen LogP contribution in [0.1, 0.15) is 11.3 Å². The van der Waals surface area contributed by atoms with E-state index in [0.29, 0.717) is 17.1 Å². The maximum atomic E-state index is 11.6. The number of hydrogen-bond donors (Lipinski definition) is 0. The average molecular weight is 200 g/mol. The van der Waals surface area contributed by atoms with Crippen LogP contribution in [0.25, 0.3) is 11.3 Å². The van der Waals surface area contributed by atoms with E-state index in [9.17, 15) is 4.79 Å². The number of rotatable bonds is 1. The first kappa shape index (κ1) is 9.71. The first-order valence-corrected chi connectivity index (χ1v) is 4.85. The minimum Gasteiger partial charge on any atom is -0.461 e. The van der Waals surface area contributed by atoms with Crippen LogP contribution in [0.3, 0.4) is 0 Å². The van der Waals surface area contributed by atoms with Crippen molar-refractivity contribution >= 4 is 0 Å². The zero-order valence-electron chi connectivity index (χ0n) is 8.78. The summed E-state index contributed by atoms with van der Waals surface area (Å²) in [5, 5.41) is 0. The fourth-order valence-corrected chi connectivity index (χ4v) is 1.42. The average Bonchev–Trinajstić information content (AvgIpc) is 2.26. The summed E-state index contributed by atoms with van der Waals surface area (Å²) in [7, 11) is 0. The molecule has 2 nitrogen and oxygen atoms in total. The second-order valence-corrected chi connectivity index (χ2v) is 3.52. The zero-order valence-corrected chi connectivity index (χ0v) is 8.78. The van der Waals surface area contributed by atoms with Crippen molar-refractivity contribution in [2.45, 2.75) is 13.8 Å². The molecular weight excluding hydrogens is 188 g/mol. The molecule has 0 unspecified atom stereocenters. The zero-order chi connectivity index (χ0) is 10.8. The first-order valence-electron chi connectivity index (χ1n) is 4.85. The Morgan fingerprint density at radius 3 is 2.33 bits per heavy atom. The van der Waals surface area contributed by atoms with E-state index in [4.69, 9.17) is 4.42 Å². The van der Waals surface area contributed by atoms with Gasteiger partial charge in [-0.15, -0.1) is 0 Å². The molecule has 2 rings (SSSR count). The smallest absolute Gasteiger partial charge is 0.188 e. The van der Waals surface area contributed by atoms with Crippen LogP contribution < -0.4 is 5.43 Å². The summed E-state index contributed by atoms with van der Waals surface area (Å²) in [5.41, 5.74) is 1.63. The normalized spacial score (nSPS) is 10.3. The van der Waals surface area contributed by atoms with E-state index >= 15 is 0 Å². The largest absolute Gasteiger partial charge is 0.461 e. The predicted octanol–water partition coefficient (Wildman–Crippen LogP) is 2.92. The van der Waals surface area contributed by atoms with Crippen LogP contribution in [0.2, 0.25) is 0 Å². The molecule has 0 saturated heterocycles. The van der Waals surface area contributed by atoms with E-state index < -0.39 is 0 Å². The molecule has 0 N–H and O–H groups in total. The van der Waals surface area contributed by atoms with Crippen LogP contribution in [0.4, 0.5) is 0 Å². The van der Waals surface area contributed by atoms with Crippen LogP contribution in [-0.2, 0) is 0 Å². The quantitative estimate of drug-likeness (QED) is 0.708. The van der Waals surface area contributed by atoms with E-state index in [1.54, 1.807) is 6.92 Å². The summed E-state index contributed by atoms with van der Waals surface area (Å²) in [6.45, 7) is 3.58. The van der Waals surface area contributed by atoms with Crippen molar-refractivity contribution in [2.24, 2.45) is 0 Å². The summed E-state index contributed by atoms with van der Waals surface area (Å²) < 4.78 is 5.57. The van der Waals surface area contributed by atoms with E-state index in [2.05, 4.69) is 0 Å². The van der Waals surface area contributed by atoms with Crippen LogP contribution in [-0.4, -0.2) is 0 Å². The van der Waals surface area contributed by atoms with Gasteiger partial charge in [0, 0.05) is 17.2 Å². The molecule has 2 aromatic rings. The van der Waals surface area contributed by atoms with Crippen LogP contribution in [0, 0.1) is 13.8 Å². The Kier molecular flexibility index (Phi) is 2.42. The number of hydrogen-bond acceptors (Lipinski definition) is 2. The second kappa shape index (κ2) is 3.73. The second-order valence-electron chi connectivity index (χ2n) is 3.52. The molecule has 0 radical (unpaired) electrons. The molecule has 1 aromatic heterocycles. The minimum absolute atomic E-state index is 0.0256. The summed E-state index contributed by atoms with van der Waals surface area (Å²) in [4.78, 5) is 11.6. The maximum Gasteiger partial charge on any atom is 0.188 e.